The molecule has 0 aliphatic heterocycles. The van der Waals surface area contributed by atoms with E-state index in [4.69, 9.17) is 0 Å². The van der Waals surface area contributed by atoms with Gasteiger partial charge < -0.3 is 5.32 Å². The maximum atomic E-state index is 14.5. The van der Waals surface area contributed by atoms with Gasteiger partial charge in [0.2, 0.25) is 0 Å². The van der Waals surface area contributed by atoms with Crippen molar-refractivity contribution in [3.8, 4) is 0 Å². The van der Waals surface area contributed by atoms with Gasteiger partial charge in [0.05, 0.1) is 0 Å². The van der Waals surface area contributed by atoms with Gasteiger partial charge in [-0.3, -0.25) is 4.79 Å². The molecule has 1 aliphatic rings. The van der Waals surface area contributed by atoms with E-state index in [1.807, 2.05) is 0 Å². The minimum atomic E-state index is -7.36. The Morgan fingerprint density at radius 3 is 1.50 bits per heavy atom. The van der Waals surface area contributed by atoms with Gasteiger partial charge >= 0.3 is 35.3 Å². The summed E-state index contributed by atoms with van der Waals surface area (Å²) in [5, 5.41) is 1.08. The van der Waals surface area contributed by atoms with Gasteiger partial charge in [-0.15, -0.1) is 0 Å². The quantitative estimate of drug-likeness (QED) is 0.649. The summed E-state index contributed by atoms with van der Waals surface area (Å²) in [7, 11) is 0. The zero-order valence-electron chi connectivity index (χ0n) is 13.8. The van der Waals surface area contributed by atoms with Crippen molar-refractivity contribution in [3.63, 3.8) is 0 Å². The van der Waals surface area contributed by atoms with E-state index in [-0.39, 0.29) is 5.56 Å². The molecule has 28 heavy (non-hydrogen) atoms. The lowest BCUT2D eigenvalue weighted by Gasteiger charge is -2.51. The summed E-state index contributed by atoms with van der Waals surface area (Å²) in [6.45, 7) is 2.64. The average molecular weight is 429 g/mol. The van der Waals surface area contributed by atoms with Crippen LogP contribution in [0.15, 0.2) is 18.2 Å². The summed E-state index contributed by atoms with van der Waals surface area (Å²) < 4.78 is 150. The average Bonchev–Trinajstić information content (AvgIpc) is 2.54. The monoisotopic (exact) mass is 429 g/mol. The molecule has 0 spiro atoms. The highest BCUT2D eigenvalue weighted by Crippen LogP contribution is 2.69. The van der Waals surface area contributed by atoms with Crippen LogP contribution in [0.25, 0.3) is 0 Å². The molecule has 0 aromatic heterocycles. The van der Waals surface area contributed by atoms with Crippen molar-refractivity contribution >= 4 is 11.6 Å². The Kier molecular flexibility index (Phi) is 4.54. The Labute approximate surface area is 149 Å². The van der Waals surface area contributed by atoms with Crippen LogP contribution in [-0.4, -0.2) is 41.2 Å². The van der Waals surface area contributed by atoms with Crippen molar-refractivity contribution in [3.05, 3.63) is 29.3 Å². The summed E-state index contributed by atoms with van der Waals surface area (Å²) in [5.74, 6) is -39.7. The lowest BCUT2D eigenvalue weighted by molar-refractivity contribution is -0.475. The molecule has 1 amide bonds. The largest absolute Gasteiger partial charge is 0.384 e. The van der Waals surface area contributed by atoms with Gasteiger partial charge in [0.25, 0.3) is 5.91 Å². The molecule has 2 nitrogen and oxygen atoms in total. The van der Waals surface area contributed by atoms with Gasteiger partial charge in [0.1, 0.15) is 0 Å². The van der Waals surface area contributed by atoms with Crippen LogP contribution in [0.4, 0.5) is 54.0 Å². The number of nitrogens with one attached hydrogen (secondary N) is 1. The minimum Gasteiger partial charge on any atom is -0.323 e. The summed E-state index contributed by atoms with van der Waals surface area (Å²) in [6.07, 6.45) is 0. The third-order valence-electron chi connectivity index (χ3n) is 4.39. The fraction of sp³-hybridized carbons (Fsp3) is 0.533. The van der Waals surface area contributed by atoms with Crippen LogP contribution in [0.3, 0.4) is 0 Å². The second-order valence-corrected chi connectivity index (χ2v) is 6.30. The number of carbonyl (C=O) groups is 1. The number of alkyl halides is 11. The maximum Gasteiger partial charge on any atom is 0.384 e. The maximum absolute atomic E-state index is 14.5. The minimum absolute atomic E-state index is 0.0664. The number of hydrogen-bond donors (Lipinski definition) is 1. The predicted molar refractivity (Wildman–Crippen MR) is 73.1 cm³/mol. The van der Waals surface area contributed by atoms with Crippen molar-refractivity contribution in [2.24, 2.45) is 0 Å². The number of hydrogen-bond acceptors (Lipinski definition) is 1. The smallest absolute Gasteiger partial charge is 0.323 e. The molecule has 1 N–H and O–H groups in total. The molecule has 1 aromatic rings. The zero-order chi connectivity index (χ0) is 22.1. The van der Waals surface area contributed by atoms with E-state index in [0.29, 0.717) is 5.56 Å². The van der Waals surface area contributed by atoms with Gasteiger partial charge in [-0.25, -0.2) is 4.39 Å². The number of anilines is 1. The SMILES string of the molecule is Cc1ccc(NC(=O)C2(F)C(F)(F)C(F)(F)C(F)(F)C(F)(F)C2(F)F)c(C)c1. The molecule has 0 saturated heterocycles. The Bertz CT molecular complexity index is 788. The molecule has 158 valence electrons. The normalized spacial score (nSPS) is 25.8. The number of rotatable bonds is 2. The molecule has 0 radical (unpaired) electrons. The van der Waals surface area contributed by atoms with Crippen molar-refractivity contribution < 1.29 is 53.1 Å². The fourth-order valence-corrected chi connectivity index (χ4v) is 2.67. The van der Waals surface area contributed by atoms with E-state index < -0.39 is 46.9 Å². The fourth-order valence-electron chi connectivity index (χ4n) is 2.67. The number of benzene rings is 1. The van der Waals surface area contributed by atoms with E-state index >= 15 is 0 Å². The second kappa shape index (κ2) is 5.72. The summed E-state index contributed by atoms with van der Waals surface area (Å²) >= 11 is 0. The Balaban J connectivity index is 2.69. The van der Waals surface area contributed by atoms with Crippen molar-refractivity contribution in [1.82, 2.24) is 0 Å². The lowest BCUT2D eigenvalue weighted by Crippen LogP contribution is -2.86. The molecule has 1 saturated carbocycles. The van der Waals surface area contributed by atoms with E-state index in [0.717, 1.165) is 24.4 Å². The highest BCUT2D eigenvalue weighted by atomic mass is 19.4. The predicted octanol–water partition coefficient (Wildman–Crippen LogP) is 5.14. The third kappa shape index (κ3) is 2.24. The highest BCUT2D eigenvalue weighted by molar-refractivity contribution is 6.00. The van der Waals surface area contributed by atoms with E-state index in [1.165, 1.54) is 13.0 Å². The standard InChI is InChI=1S/C15H10F11NO/c1-6-3-4-8(7(2)5-6)27-9(28)10(16)11(17,18)13(21,22)15(25,26)14(23,24)12(10,19)20/h3-5H,1-2H3,(H,27,28). The van der Waals surface area contributed by atoms with Crippen molar-refractivity contribution in [1.29, 1.82) is 0 Å². The van der Waals surface area contributed by atoms with E-state index in [9.17, 15) is 53.1 Å². The number of halogens is 11. The number of amides is 1. The summed E-state index contributed by atoms with van der Waals surface area (Å²) in [6, 6.07) is 3.23. The van der Waals surface area contributed by atoms with Gasteiger partial charge in [-0.2, -0.15) is 43.9 Å². The van der Waals surface area contributed by atoms with E-state index in [2.05, 4.69) is 0 Å². The van der Waals surface area contributed by atoms with Crippen molar-refractivity contribution in [2.75, 3.05) is 5.32 Å². The van der Waals surface area contributed by atoms with Crippen LogP contribution >= 0.6 is 0 Å². The van der Waals surface area contributed by atoms with Gasteiger partial charge in [-0.1, -0.05) is 17.7 Å². The first kappa shape index (κ1) is 22.2. The molecule has 13 heteroatoms. The van der Waals surface area contributed by atoms with Crippen LogP contribution < -0.4 is 5.32 Å². The van der Waals surface area contributed by atoms with Gasteiger partial charge in [0, 0.05) is 5.69 Å². The first-order chi connectivity index (χ1) is 12.3. The van der Waals surface area contributed by atoms with Crippen LogP contribution in [0.2, 0.25) is 0 Å². The van der Waals surface area contributed by atoms with Crippen LogP contribution in [0.5, 0.6) is 0 Å². The molecule has 1 aromatic carbocycles. The molecular weight excluding hydrogens is 419 g/mol. The number of carbonyl (C=O) groups excluding carboxylic acids is 1. The third-order valence-corrected chi connectivity index (χ3v) is 4.39. The van der Waals surface area contributed by atoms with Gasteiger partial charge in [0.15, 0.2) is 0 Å². The zero-order valence-corrected chi connectivity index (χ0v) is 13.8. The molecule has 2 rings (SSSR count). The first-order valence-electron chi connectivity index (χ1n) is 7.27. The Hall–Kier alpha value is -2.08. The Morgan fingerprint density at radius 2 is 1.11 bits per heavy atom. The summed E-state index contributed by atoms with van der Waals surface area (Å²) in [5.41, 5.74) is -6.95. The highest BCUT2D eigenvalue weighted by Gasteiger charge is 3.02. The molecule has 1 aliphatic carbocycles. The molecule has 0 heterocycles. The Morgan fingerprint density at radius 1 is 0.714 bits per heavy atom. The van der Waals surface area contributed by atoms with E-state index in [1.54, 1.807) is 0 Å². The van der Waals surface area contributed by atoms with Crippen molar-refractivity contribution in [2.45, 2.75) is 49.1 Å². The summed E-state index contributed by atoms with van der Waals surface area (Å²) in [4.78, 5) is 11.8. The topological polar surface area (TPSA) is 29.1 Å². The second-order valence-electron chi connectivity index (χ2n) is 6.30. The molecule has 1 fully saturated rings. The number of aryl methyl sites for hydroxylation is 2. The molecule has 0 atom stereocenters. The molecule has 0 bridgehead atoms. The lowest BCUT2D eigenvalue weighted by atomic mass is 9.71. The van der Waals surface area contributed by atoms with Crippen LogP contribution in [-0.2, 0) is 4.79 Å². The van der Waals surface area contributed by atoms with Crippen LogP contribution in [0.1, 0.15) is 11.1 Å². The van der Waals surface area contributed by atoms with Gasteiger partial charge in [-0.05, 0) is 25.5 Å². The molecular formula is C15H10F11NO. The van der Waals surface area contributed by atoms with Crippen LogP contribution in [0, 0.1) is 13.8 Å². The molecule has 0 unspecified atom stereocenters. The first-order valence-corrected chi connectivity index (χ1v) is 7.27.